The minimum atomic E-state index is -3.41. The van der Waals surface area contributed by atoms with Gasteiger partial charge >= 0.3 is 0 Å². The Morgan fingerprint density at radius 3 is 2.59 bits per heavy atom. The highest BCUT2D eigenvalue weighted by atomic mass is 35.5. The summed E-state index contributed by atoms with van der Waals surface area (Å²) in [6.45, 7) is 0.806. The van der Waals surface area contributed by atoms with Crippen molar-refractivity contribution in [2.75, 3.05) is 32.5 Å². The Bertz CT molecular complexity index is 1230. The van der Waals surface area contributed by atoms with Crippen LogP contribution in [0, 0.1) is 5.82 Å². The molecule has 0 atom stereocenters. The van der Waals surface area contributed by atoms with Crippen molar-refractivity contribution in [2.24, 2.45) is 0 Å². The lowest BCUT2D eigenvalue weighted by Crippen LogP contribution is -2.46. The molecule has 0 radical (unpaired) electrons. The van der Waals surface area contributed by atoms with Gasteiger partial charge in [0.25, 0.3) is 10.2 Å². The zero-order valence-corrected chi connectivity index (χ0v) is 19.2. The Kier molecular flexibility index (Phi) is 6.47. The van der Waals surface area contributed by atoms with E-state index in [-0.39, 0.29) is 11.1 Å². The largest absolute Gasteiger partial charge is 0.490 e. The van der Waals surface area contributed by atoms with Gasteiger partial charge in [0.2, 0.25) is 0 Å². The van der Waals surface area contributed by atoms with E-state index in [4.69, 9.17) is 16.3 Å². The highest BCUT2D eigenvalue weighted by Gasteiger charge is 2.30. The summed E-state index contributed by atoms with van der Waals surface area (Å²) in [5.41, 5.74) is 1.31. The summed E-state index contributed by atoms with van der Waals surface area (Å²) in [6, 6.07) is 9.85. The molecule has 1 aromatic heterocycles. The number of ether oxygens (including phenoxy) is 1. The van der Waals surface area contributed by atoms with E-state index >= 15 is 0 Å². The number of halogens is 2. The molecule has 3 aromatic rings. The SMILES string of the molecule is CN(C)S(=O)(=O)N1CCC(Oc2ccc3ncnc(Nc4ccc(F)c(Cl)c4)c3c2)CC1. The number of rotatable bonds is 6. The first-order valence-electron chi connectivity index (χ1n) is 10.0. The lowest BCUT2D eigenvalue weighted by Gasteiger charge is -2.32. The van der Waals surface area contributed by atoms with Gasteiger partial charge < -0.3 is 10.1 Å². The number of aromatic nitrogens is 2. The summed E-state index contributed by atoms with van der Waals surface area (Å²) in [4.78, 5) is 8.59. The number of hydrogen-bond donors (Lipinski definition) is 1. The third-order valence-corrected chi connectivity index (χ3v) is 7.51. The molecule has 0 amide bonds. The summed E-state index contributed by atoms with van der Waals surface area (Å²) in [7, 11) is -0.356. The quantitative estimate of drug-likeness (QED) is 0.578. The maximum absolute atomic E-state index is 13.5. The van der Waals surface area contributed by atoms with Crippen LogP contribution >= 0.6 is 11.6 Å². The number of fused-ring (bicyclic) bond motifs is 1. The Morgan fingerprint density at radius 2 is 1.91 bits per heavy atom. The molecular formula is C21H23ClFN5O3S. The van der Waals surface area contributed by atoms with Crippen LogP contribution in [0.15, 0.2) is 42.7 Å². The van der Waals surface area contributed by atoms with E-state index in [1.165, 1.54) is 41.2 Å². The smallest absolute Gasteiger partial charge is 0.281 e. The predicted molar refractivity (Wildman–Crippen MR) is 122 cm³/mol. The first-order valence-corrected chi connectivity index (χ1v) is 11.8. The van der Waals surface area contributed by atoms with Gasteiger partial charge in [0.15, 0.2) is 0 Å². The topological polar surface area (TPSA) is 87.7 Å². The first kappa shape index (κ1) is 22.7. The molecule has 32 heavy (non-hydrogen) atoms. The predicted octanol–water partition coefficient (Wildman–Crippen LogP) is 3.82. The van der Waals surface area contributed by atoms with Gasteiger partial charge in [0.05, 0.1) is 10.5 Å². The van der Waals surface area contributed by atoms with Crippen LogP contribution in [0.4, 0.5) is 15.9 Å². The lowest BCUT2D eigenvalue weighted by atomic mass is 10.1. The highest BCUT2D eigenvalue weighted by Crippen LogP contribution is 2.29. The van der Waals surface area contributed by atoms with Crippen molar-refractivity contribution >= 4 is 44.2 Å². The van der Waals surface area contributed by atoms with E-state index in [2.05, 4.69) is 15.3 Å². The van der Waals surface area contributed by atoms with E-state index in [0.29, 0.717) is 43.2 Å². The molecule has 1 aliphatic rings. The van der Waals surface area contributed by atoms with Crippen LogP contribution < -0.4 is 10.1 Å². The summed E-state index contributed by atoms with van der Waals surface area (Å²) in [6.07, 6.45) is 2.53. The lowest BCUT2D eigenvalue weighted by molar-refractivity contribution is 0.133. The molecular weight excluding hydrogens is 457 g/mol. The van der Waals surface area contributed by atoms with E-state index in [1.54, 1.807) is 6.07 Å². The second-order valence-corrected chi connectivity index (χ2v) is 10.2. The number of anilines is 2. The second-order valence-electron chi connectivity index (χ2n) is 7.66. The van der Waals surface area contributed by atoms with Crippen LogP contribution in [0.5, 0.6) is 5.75 Å². The first-order chi connectivity index (χ1) is 15.2. The standard InChI is InChI=1S/C21H23ClFN5O3S/c1-27(2)32(29,30)28-9-7-15(8-10-28)31-16-4-6-20-17(12-16)21(25-13-24-20)26-14-3-5-19(23)18(22)11-14/h3-6,11-13,15H,7-10H2,1-2H3,(H,24,25,26). The van der Waals surface area contributed by atoms with Crippen molar-refractivity contribution in [1.29, 1.82) is 0 Å². The van der Waals surface area contributed by atoms with Crippen LogP contribution in [-0.2, 0) is 10.2 Å². The Morgan fingerprint density at radius 1 is 1.16 bits per heavy atom. The summed E-state index contributed by atoms with van der Waals surface area (Å²) < 4.78 is 46.9. The molecule has 8 nitrogen and oxygen atoms in total. The van der Waals surface area contributed by atoms with Gasteiger partial charge in [0.1, 0.15) is 29.8 Å². The molecule has 1 N–H and O–H groups in total. The van der Waals surface area contributed by atoms with Crippen LogP contribution in [0.2, 0.25) is 5.02 Å². The average molecular weight is 480 g/mol. The third-order valence-electron chi connectivity index (χ3n) is 5.28. The molecule has 0 unspecified atom stereocenters. The number of benzene rings is 2. The minimum Gasteiger partial charge on any atom is -0.490 e. The van der Waals surface area contributed by atoms with Crippen LogP contribution in [0.1, 0.15) is 12.8 Å². The molecule has 0 bridgehead atoms. The molecule has 0 aliphatic carbocycles. The fourth-order valence-electron chi connectivity index (χ4n) is 3.52. The van der Waals surface area contributed by atoms with Gasteiger partial charge in [-0.15, -0.1) is 0 Å². The van der Waals surface area contributed by atoms with Gasteiger partial charge in [-0.3, -0.25) is 0 Å². The maximum Gasteiger partial charge on any atom is 0.281 e. The molecule has 1 aliphatic heterocycles. The van der Waals surface area contributed by atoms with Crippen molar-refractivity contribution in [2.45, 2.75) is 18.9 Å². The Hall–Kier alpha value is -2.53. The fourth-order valence-corrected chi connectivity index (χ4v) is 4.84. The van der Waals surface area contributed by atoms with Gasteiger partial charge in [-0.1, -0.05) is 11.6 Å². The summed E-state index contributed by atoms with van der Waals surface area (Å²) >= 11 is 5.88. The van der Waals surface area contributed by atoms with E-state index in [1.807, 2.05) is 18.2 Å². The average Bonchev–Trinajstić information content (AvgIpc) is 2.77. The Labute approximate surface area is 191 Å². The molecule has 1 fully saturated rings. The molecule has 2 aromatic carbocycles. The van der Waals surface area contributed by atoms with Crippen molar-refractivity contribution in [1.82, 2.24) is 18.6 Å². The van der Waals surface area contributed by atoms with Crippen LogP contribution in [-0.4, -0.2) is 60.3 Å². The second kappa shape index (κ2) is 9.14. The van der Waals surface area contributed by atoms with E-state index in [9.17, 15) is 12.8 Å². The zero-order chi connectivity index (χ0) is 22.9. The number of nitrogens with zero attached hydrogens (tertiary/aromatic N) is 4. The fraction of sp³-hybridized carbons (Fsp3) is 0.333. The normalized spacial score (nSPS) is 15.9. The van der Waals surface area contributed by atoms with Crippen LogP contribution in [0.3, 0.4) is 0 Å². The molecule has 170 valence electrons. The summed E-state index contributed by atoms with van der Waals surface area (Å²) in [5.74, 6) is 0.682. The van der Waals surface area contributed by atoms with E-state index < -0.39 is 16.0 Å². The van der Waals surface area contributed by atoms with Crippen molar-refractivity contribution in [3.05, 3.63) is 53.6 Å². The van der Waals surface area contributed by atoms with E-state index in [0.717, 1.165) is 10.9 Å². The molecule has 2 heterocycles. The van der Waals surface area contributed by atoms with Crippen molar-refractivity contribution in [3.63, 3.8) is 0 Å². The van der Waals surface area contributed by atoms with Crippen LogP contribution in [0.25, 0.3) is 10.9 Å². The minimum absolute atomic E-state index is 0.0139. The monoisotopic (exact) mass is 479 g/mol. The van der Waals surface area contributed by atoms with Crippen molar-refractivity contribution in [3.8, 4) is 5.75 Å². The van der Waals surface area contributed by atoms with Gasteiger partial charge in [0, 0.05) is 38.3 Å². The van der Waals surface area contributed by atoms with Gasteiger partial charge in [-0.25, -0.2) is 14.4 Å². The third kappa shape index (κ3) is 4.78. The highest BCUT2D eigenvalue weighted by molar-refractivity contribution is 7.86. The molecule has 4 rings (SSSR count). The molecule has 1 saturated heterocycles. The summed E-state index contributed by atoms with van der Waals surface area (Å²) in [5, 5.41) is 3.89. The van der Waals surface area contributed by atoms with Gasteiger partial charge in [-0.05, 0) is 49.2 Å². The molecule has 0 saturated carbocycles. The molecule has 0 spiro atoms. The number of piperidine rings is 1. The zero-order valence-electron chi connectivity index (χ0n) is 17.6. The number of hydrogen-bond acceptors (Lipinski definition) is 6. The maximum atomic E-state index is 13.5. The molecule has 11 heteroatoms. The number of nitrogens with one attached hydrogen (secondary N) is 1. The Balaban J connectivity index is 1.50. The van der Waals surface area contributed by atoms with Crippen molar-refractivity contribution < 1.29 is 17.5 Å². The van der Waals surface area contributed by atoms with Gasteiger partial charge in [-0.2, -0.15) is 17.0 Å².